The summed E-state index contributed by atoms with van der Waals surface area (Å²) in [6, 6.07) is 0. The van der Waals surface area contributed by atoms with E-state index in [-0.39, 0.29) is 13.1 Å². The number of carbonyl (C=O) groups excluding carboxylic acids is 2. The zero-order valence-electron chi connectivity index (χ0n) is 10.8. The first-order chi connectivity index (χ1) is 8.79. The fourth-order valence-electron chi connectivity index (χ4n) is 1.24. The number of thiol groups is 2. The Morgan fingerprint density at radius 3 is 1.89 bits per heavy atom. The first-order valence-electron chi connectivity index (χ1n) is 5.75. The van der Waals surface area contributed by atoms with Crippen LogP contribution in [0.1, 0.15) is 13.8 Å². The molecule has 19 heavy (non-hydrogen) atoms. The summed E-state index contributed by atoms with van der Waals surface area (Å²) in [4.78, 5) is 23.2. The zero-order chi connectivity index (χ0) is 15.1. The molecule has 0 aliphatic carbocycles. The van der Waals surface area contributed by atoms with Gasteiger partial charge in [-0.2, -0.15) is 25.3 Å². The molecule has 0 heterocycles. The molecule has 112 valence electrons. The fourth-order valence-corrected chi connectivity index (χ4v) is 1.71. The molecule has 3 N–H and O–H groups in total. The third-order valence-electron chi connectivity index (χ3n) is 2.26. The van der Waals surface area contributed by atoms with Crippen molar-refractivity contribution in [3.05, 3.63) is 0 Å². The van der Waals surface area contributed by atoms with Crippen molar-refractivity contribution >= 4 is 37.1 Å². The third kappa shape index (κ3) is 4.81. The summed E-state index contributed by atoms with van der Waals surface area (Å²) in [5.41, 5.74) is 0. The molecule has 9 heteroatoms. The molecule has 0 radical (unpaired) electrons. The molecule has 5 nitrogen and oxygen atoms in total. The minimum Gasteiger partial charge on any atom is -0.352 e. The first kappa shape index (κ1) is 18.5. The highest BCUT2D eigenvalue weighted by Crippen LogP contribution is 2.15. The van der Waals surface area contributed by atoms with E-state index in [0.717, 1.165) is 0 Å². The second-order valence-corrected chi connectivity index (χ2v) is 4.39. The molecule has 2 atom stereocenters. The monoisotopic (exact) mass is 315 g/mol. The third-order valence-corrected chi connectivity index (χ3v) is 3.13. The highest BCUT2D eigenvalue weighted by Gasteiger charge is 2.45. The van der Waals surface area contributed by atoms with Gasteiger partial charge in [0.25, 0.3) is 17.6 Å². The molecule has 0 rings (SSSR count). The quantitative estimate of drug-likeness (QED) is 0.324. The summed E-state index contributed by atoms with van der Waals surface area (Å²) in [5.74, 6) is -8.80. The molecule has 0 aromatic rings. The van der Waals surface area contributed by atoms with Crippen molar-refractivity contribution in [2.75, 3.05) is 24.6 Å². The lowest BCUT2D eigenvalue weighted by Crippen LogP contribution is -2.64. The zero-order valence-corrected chi connectivity index (χ0v) is 12.6. The van der Waals surface area contributed by atoms with Crippen molar-refractivity contribution in [2.45, 2.75) is 25.4 Å². The number of alkyl halides is 2. The van der Waals surface area contributed by atoms with Gasteiger partial charge in [0.15, 0.2) is 0 Å². The second kappa shape index (κ2) is 7.91. The standard InChI is InChI=1S/C10H19F2N3O2S2/c1-3-13-7(16)10(12,6-19)15-8(17)9(11,5-18)14-4-2/h14,18-19H,3-6H2,1-2H3,(H,13,16)(H,15,17)/t9-,10+/m1/s1. The lowest BCUT2D eigenvalue weighted by atomic mass is 10.2. The van der Waals surface area contributed by atoms with E-state index in [0.29, 0.717) is 0 Å². The van der Waals surface area contributed by atoms with E-state index < -0.39 is 34.9 Å². The summed E-state index contributed by atoms with van der Waals surface area (Å²) < 4.78 is 28.3. The highest BCUT2D eigenvalue weighted by atomic mass is 32.1. The Hall–Kier alpha value is -0.540. The fraction of sp³-hybridized carbons (Fsp3) is 0.800. The molecule has 0 saturated carbocycles. The Morgan fingerprint density at radius 2 is 1.53 bits per heavy atom. The lowest BCUT2D eigenvalue weighted by Gasteiger charge is -2.29. The topological polar surface area (TPSA) is 70.2 Å². The molecule has 0 fully saturated rings. The lowest BCUT2D eigenvalue weighted by molar-refractivity contribution is -0.145. The summed E-state index contributed by atoms with van der Waals surface area (Å²) in [7, 11) is 0. The maximum Gasteiger partial charge on any atom is 0.279 e. The van der Waals surface area contributed by atoms with Crippen LogP contribution in [-0.4, -0.2) is 48.0 Å². The van der Waals surface area contributed by atoms with Crippen LogP contribution in [0, 0.1) is 0 Å². The molecular weight excluding hydrogens is 296 g/mol. The summed E-state index contributed by atoms with van der Waals surface area (Å²) in [5, 5.41) is 6.18. The van der Waals surface area contributed by atoms with Crippen LogP contribution in [0.15, 0.2) is 0 Å². The number of rotatable bonds is 8. The van der Waals surface area contributed by atoms with Gasteiger partial charge in [0.2, 0.25) is 5.79 Å². The number of likely N-dealkylation sites (N-methyl/N-ethyl adjacent to an activating group) is 2. The molecule has 0 aliphatic heterocycles. The van der Waals surface area contributed by atoms with Crippen LogP contribution in [0.4, 0.5) is 8.78 Å². The van der Waals surface area contributed by atoms with Crippen LogP contribution in [0.5, 0.6) is 0 Å². The van der Waals surface area contributed by atoms with Gasteiger partial charge in [-0.1, -0.05) is 6.92 Å². The predicted molar refractivity (Wildman–Crippen MR) is 75.9 cm³/mol. The van der Waals surface area contributed by atoms with Crippen LogP contribution in [0.25, 0.3) is 0 Å². The molecule has 2 amide bonds. The average molecular weight is 315 g/mol. The maximum atomic E-state index is 14.2. The van der Waals surface area contributed by atoms with Gasteiger partial charge in [0.05, 0.1) is 5.75 Å². The Labute approximate surface area is 122 Å². The van der Waals surface area contributed by atoms with Crippen LogP contribution in [-0.2, 0) is 9.59 Å². The normalized spacial score (nSPS) is 17.2. The van der Waals surface area contributed by atoms with Gasteiger partial charge < -0.3 is 10.6 Å². The van der Waals surface area contributed by atoms with Crippen molar-refractivity contribution in [3.8, 4) is 0 Å². The van der Waals surface area contributed by atoms with E-state index in [1.165, 1.54) is 0 Å². The number of hydrogen-bond donors (Lipinski definition) is 5. The smallest absolute Gasteiger partial charge is 0.279 e. The molecule has 0 bridgehead atoms. The van der Waals surface area contributed by atoms with Crippen LogP contribution in [0.3, 0.4) is 0 Å². The first-order valence-corrected chi connectivity index (χ1v) is 7.01. The Kier molecular flexibility index (Phi) is 7.68. The minimum atomic E-state index is -2.77. The van der Waals surface area contributed by atoms with Gasteiger partial charge in [-0.15, -0.1) is 0 Å². The van der Waals surface area contributed by atoms with Gasteiger partial charge in [-0.05, 0) is 13.5 Å². The van der Waals surface area contributed by atoms with E-state index >= 15 is 0 Å². The number of amides is 2. The Balaban J connectivity index is 4.96. The van der Waals surface area contributed by atoms with E-state index in [2.05, 4.69) is 35.9 Å². The van der Waals surface area contributed by atoms with Crippen molar-refractivity contribution in [1.29, 1.82) is 0 Å². The van der Waals surface area contributed by atoms with Crippen LogP contribution in [0.2, 0.25) is 0 Å². The number of nitrogens with one attached hydrogen (secondary N) is 3. The SMILES string of the molecule is CCNC(=O)[C@](F)(CS)NC(=O)[C@@](F)(CS)NCC. The van der Waals surface area contributed by atoms with E-state index in [9.17, 15) is 18.4 Å². The van der Waals surface area contributed by atoms with Crippen molar-refractivity contribution in [1.82, 2.24) is 16.0 Å². The molecule has 0 unspecified atom stereocenters. The van der Waals surface area contributed by atoms with Crippen LogP contribution < -0.4 is 16.0 Å². The summed E-state index contributed by atoms with van der Waals surface area (Å²) >= 11 is 7.38. The van der Waals surface area contributed by atoms with E-state index in [1.807, 2.05) is 0 Å². The number of carbonyl (C=O) groups is 2. The van der Waals surface area contributed by atoms with E-state index in [1.54, 1.807) is 19.2 Å². The van der Waals surface area contributed by atoms with Gasteiger partial charge in [0, 0.05) is 12.3 Å². The predicted octanol–water partition coefficient (Wildman–Crippen LogP) is 0.0394. The summed E-state index contributed by atoms with van der Waals surface area (Å²) in [6.07, 6.45) is 0. The molecule has 0 aliphatic rings. The van der Waals surface area contributed by atoms with Crippen LogP contribution >= 0.6 is 25.3 Å². The molecular formula is C10H19F2N3O2S2. The average Bonchev–Trinajstić information content (AvgIpc) is 2.38. The van der Waals surface area contributed by atoms with Crippen molar-refractivity contribution < 1.29 is 18.4 Å². The molecule has 0 spiro atoms. The number of halogens is 2. The van der Waals surface area contributed by atoms with Gasteiger partial charge >= 0.3 is 0 Å². The van der Waals surface area contributed by atoms with E-state index in [4.69, 9.17) is 0 Å². The minimum absolute atomic E-state index is 0.145. The number of hydrogen-bond acceptors (Lipinski definition) is 5. The van der Waals surface area contributed by atoms with Crippen molar-refractivity contribution in [2.24, 2.45) is 0 Å². The maximum absolute atomic E-state index is 14.2. The molecule has 0 aromatic heterocycles. The van der Waals surface area contributed by atoms with Crippen molar-refractivity contribution in [3.63, 3.8) is 0 Å². The second-order valence-electron chi connectivity index (χ2n) is 3.76. The van der Waals surface area contributed by atoms with Gasteiger partial charge in [0.1, 0.15) is 0 Å². The molecule has 0 saturated heterocycles. The largest absolute Gasteiger partial charge is 0.352 e. The highest BCUT2D eigenvalue weighted by molar-refractivity contribution is 7.80. The Bertz CT molecular complexity index is 336. The summed E-state index contributed by atoms with van der Waals surface area (Å²) in [6.45, 7) is 3.49. The molecule has 0 aromatic carbocycles. The van der Waals surface area contributed by atoms with Gasteiger partial charge in [-0.3, -0.25) is 14.9 Å². The Morgan fingerprint density at radius 1 is 1.00 bits per heavy atom. The van der Waals surface area contributed by atoms with Gasteiger partial charge in [-0.25, -0.2) is 8.78 Å².